The van der Waals surface area contributed by atoms with Gasteiger partial charge in [0.25, 0.3) is 5.91 Å². The highest BCUT2D eigenvalue weighted by Crippen LogP contribution is 2.09. The fraction of sp³-hybridized carbons (Fsp3) is 0.500. The Morgan fingerprint density at radius 3 is 2.29 bits per heavy atom. The number of hydrogen-bond acceptors (Lipinski definition) is 4. The lowest BCUT2D eigenvalue weighted by atomic mass is 10.2. The predicted molar refractivity (Wildman–Crippen MR) is 91.0 cm³/mol. The van der Waals surface area contributed by atoms with Crippen LogP contribution in [0.1, 0.15) is 23.7 Å². The Morgan fingerprint density at radius 1 is 1.08 bits per heavy atom. The van der Waals surface area contributed by atoms with Crippen LogP contribution in [0, 0.1) is 0 Å². The molecule has 1 aliphatic rings. The van der Waals surface area contributed by atoms with Gasteiger partial charge < -0.3 is 10.2 Å². The molecule has 0 aromatic heterocycles. The maximum absolute atomic E-state index is 12.1. The van der Waals surface area contributed by atoms with Gasteiger partial charge in [0.2, 0.25) is 15.9 Å². The lowest BCUT2D eigenvalue weighted by Crippen LogP contribution is -2.51. The third-order valence-corrected chi connectivity index (χ3v) is 5.89. The Hall–Kier alpha value is -1.93. The van der Waals surface area contributed by atoms with Gasteiger partial charge in [0.15, 0.2) is 0 Å². The first-order chi connectivity index (χ1) is 11.4. The van der Waals surface area contributed by atoms with Crippen molar-refractivity contribution in [2.75, 3.05) is 38.5 Å². The van der Waals surface area contributed by atoms with Crippen LogP contribution in [-0.4, -0.2) is 67.9 Å². The van der Waals surface area contributed by atoms with Crippen molar-refractivity contribution in [1.82, 2.24) is 14.5 Å². The quantitative estimate of drug-likeness (QED) is 0.797. The molecule has 0 bridgehead atoms. The first-order valence-electron chi connectivity index (χ1n) is 8.03. The molecule has 24 heavy (non-hydrogen) atoms. The molecule has 1 aromatic carbocycles. The Balaban J connectivity index is 1.73. The van der Waals surface area contributed by atoms with Crippen LogP contribution >= 0.6 is 0 Å². The molecule has 0 saturated carbocycles. The van der Waals surface area contributed by atoms with E-state index in [0.717, 1.165) is 0 Å². The number of piperazine rings is 1. The van der Waals surface area contributed by atoms with Crippen molar-refractivity contribution in [3.05, 3.63) is 35.9 Å². The van der Waals surface area contributed by atoms with Crippen LogP contribution in [0.5, 0.6) is 0 Å². The van der Waals surface area contributed by atoms with Gasteiger partial charge in [0.1, 0.15) is 0 Å². The van der Waals surface area contributed by atoms with E-state index in [1.54, 1.807) is 36.1 Å². The molecule has 1 N–H and O–H groups in total. The van der Waals surface area contributed by atoms with Crippen LogP contribution in [0.25, 0.3) is 0 Å². The minimum absolute atomic E-state index is 0.0723. The van der Waals surface area contributed by atoms with Crippen molar-refractivity contribution in [3.63, 3.8) is 0 Å². The molecule has 1 fully saturated rings. The van der Waals surface area contributed by atoms with E-state index in [1.807, 2.05) is 6.07 Å². The summed E-state index contributed by atoms with van der Waals surface area (Å²) in [4.78, 5) is 25.7. The SMILES string of the molecule is CCS(=O)(=O)N1CCN(C(=O)CCNC(=O)c2ccccc2)CC1. The van der Waals surface area contributed by atoms with Crippen molar-refractivity contribution in [3.8, 4) is 0 Å². The normalized spacial score (nSPS) is 16.0. The van der Waals surface area contributed by atoms with Crippen LogP contribution in [0.15, 0.2) is 30.3 Å². The van der Waals surface area contributed by atoms with Gasteiger partial charge in [-0.15, -0.1) is 0 Å². The molecule has 1 aromatic rings. The molecule has 2 rings (SSSR count). The molecule has 7 nitrogen and oxygen atoms in total. The van der Waals surface area contributed by atoms with E-state index < -0.39 is 10.0 Å². The van der Waals surface area contributed by atoms with E-state index >= 15 is 0 Å². The fourth-order valence-corrected chi connectivity index (χ4v) is 3.62. The largest absolute Gasteiger partial charge is 0.352 e. The molecule has 0 aliphatic carbocycles. The summed E-state index contributed by atoms with van der Waals surface area (Å²) in [7, 11) is -3.19. The van der Waals surface area contributed by atoms with Crippen LogP contribution < -0.4 is 5.32 Å². The van der Waals surface area contributed by atoms with Crippen molar-refractivity contribution in [2.45, 2.75) is 13.3 Å². The zero-order chi connectivity index (χ0) is 17.6. The number of carbonyl (C=O) groups excluding carboxylic acids is 2. The molecule has 8 heteroatoms. The molecule has 0 atom stereocenters. The minimum atomic E-state index is -3.19. The average Bonchev–Trinajstić information content (AvgIpc) is 2.62. The second kappa shape index (κ2) is 8.25. The second-order valence-electron chi connectivity index (χ2n) is 5.55. The van der Waals surface area contributed by atoms with Crippen LogP contribution in [0.3, 0.4) is 0 Å². The Labute approximate surface area is 142 Å². The highest BCUT2D eigenvalue weighted by Gasteiger charge is 2.27. The lowest BCUT2D eigenvalue weighted by Gasteiger charge is -2.33. The second-order valence-corrected chi connectivity index (χ2v) is 7.81. The van der Waals surface area contributed by atoms with Gasteiger partial charge in [0.05, 0.1) is 5.75 Å². The summed E-state index contributed by atoms with van der Waals surface area (Å²) in [5.74, 6) is -0.203. The van der Waals surface area contributed by atoms with E-state index in [2.05, 4.69) is 5.32 Å². The molecule has 1 saturated heterocycles. The Morgan fingerprint density at radius 2 is 1.71 bits per heavy atom. The number of amides is 2. The number of nitrogens with one attached hydrogen (secondary N) is 1. The molecule has 2 amide bonds. The summed E-state index contributed by atoms with van der Waals surface area (Å²) < 4.78 is 25.0. The summed E-state index contributed by atoms with van der Waals surface area (Å²) in [6.07, 6.45) is 0.207. The van der Waals surface area contributed by atoms with Crippen LogP contribution in [0.4, 0.5) is 0 Å². The molecule has 132 valence electrons. The monoisotopic (exact) mass is 353 g/mol. The van der Waals surface area contributed by atoms with Gasteiger partial charge in [-0.25, -0.2) is 8.42 Å². The number of hydrogen-bond donors (Lipinski definition) is 1. The topological polar surface area (TPSA) is 86.8 Å². The number of benzene rings is 1. The van der Waals surface area contributed by atoms with E-state index in [4.69, 9.17) is 0 Å². The third kappa shape index (κ3) is 4.78. The zero-order valence-electron chi connectivity index (χ0n) is 13.8. The van der Waals surface area contributed by atoms with Crippen molar-refractivity contribution >= 4 is 21.8 Å². The van der Waals surface area contributed by atoms with Gasteiger partial charge in [-0.3, -0.25) is 9.59 Å². The highest BCUT2D eigenvalue weighted by atomic mass is 32.2. The smallest absolute Gasteiger partial charge is 0.251 e. The molecular weight excluding hydrogens is 330 g/mol. The Kier molecular flexibility index (Phi) is 6.33. The van der Waals surface area contributed by atoms with Gasteiger partial charge in [-0.05, 0) is 19.1 Å². The Bertz CT molecular complexity index is 668. The number of carbonyl (C=O) groups is 2. The number of sulfonamides is 1. The minimum Gasteiger partial charge on any atom is -0.352 e. The van der Waals surface area contributed by atoms with Crippen molar-refractivity contribution < 1.29 is 18.0 Å². The van der Waals surface area contributed by atoms with Crippen LogP contribution in [0.2, 0.25) is 0 Å². The van der Waals surface area contributed by atoms with Gasteiger partial charge >= 0.3 is 0 Å². The predicted octanol–water partition coefficient (Wildman–Crippen LogP) is 0.300. The van der Waals surface area contributed by atoms with Gasteiger partial charge in [-0.2, -0.15) is 4.31 Å². The van der Waals surface area contributed by atoms with E-state index in [1.165, 1.54) is 4.31 Å². The summed E-state index contributed by atoms with van der Waals surface area (Å²) in [6, 6.07) is 8.82. The maximum Gasteiger partial charge on any atom is 0.251 e. The first-order valence-corrected chi connectivity index (χ1v) is 9.64. The van der Waals surface area contributed by atoms with E-state index in [0.29, 0.717) is 31.7 Å². The number of rotatable bonds is 6. The van der Waals surface area contributed by atoms with E-state index in [9.17, 15) is 18.0 Å². The van der Waals surface area contributed by atoms with Crippen LogP contribution in [-0.2, 0) is 14.8 Å². The standard InChI is InChI=1S/C16H23N3O4S/c1-2-24(22,23)19-12-10-18(11-13-19)15(20)8-9-17-16(21)14-6-4-3-5-7-14/h3-7H,2,8-13H2,1H3,(H,17,21). The molecular formula is C16H23N3O4S. The van der Waals surface area contributed by atoms with Gasteiger partial charge in [0, 0.05) is 44.7 Å². The highest BCUT2D eigenvalue weighted by molar-refractivity contribution is 7.89. The molecule has 0 spiro atoms. The summed E-state index contributed by atoms with van der Waals surface area (Å²) in [5, 5.41) is 2.72. The summed E-state index contributed by atoms with van der Waals surface area (Å²) in [6.45, 7) is 3.33. The van der Waals surface area contributed by atoms with E-state index in [-0.39, 0.29) is 30.5 Å². The summed E-state index contributed by atoms with van der Waals surface area (Å²) in [5.41, 5.74) is 0.559. The lowest BCUT2D eigenvalue weighted by molar-refractivity contribution is -0.132. The molecule has 1 heterocycles. The molecule has 0 unspecified atom stereocenters. The molecule has 0 radical (unpaired) electrons. The summed E-state index contributed by atoms with van der Waals surface area (Å²) >= 11 is 0. The molecule has 1 aliphatic heterocycles. The number of nitrogens with zero attached hydrogens (tertiary/aromatic N) is 2. The van der Waals surface area contributed by atoms with Crippen molar-refractivity contribution in [2.24, 2.45) is 0 Å². The third-order valence-electron chi connectivity index (χ3n) is 4.01. The van der Waals surface area contributed by atoms with Crippen molar-refractivity contribution in [1.29, 1.82) is 0 Å². The average molecular weight is 353 g/mol. The van der Waals surface area contributed by atoms with Gasteiger partial charge in [-0.1, -0.05) is 18.2 Å². The first kappa shape index (κ1) is 18.4. The maximum atomic E-state index is 12.1. The zero-order valence-corrected chi connectivity index (χ0v) is 14.6. The fourth-order valence-electron chi connectivity index (χ4n) is 2.53.